The second-order valence-corrected chi connectivity index (χ2v) is 1.65. The highest BCUT2D eigenvalue weighted by atomic mass is 32.1. The molecule has 0 heterocycles. The summed E-state index contributed by atoms with van der Waals surface area (Å²) in [5.74, 6) is 0. The lowest BCUT2D eigenvalue weighted by Gasteiger charge is -1.76. The summed E-state index contributed by atoms with van der Waals surface area (Å²) in [4.78, 5) is 0. The van der Waals surface area contributed by atoms with E-state index in [4.69, 9.17) is 0 Å². The number of azo groups is 1. The topological polar surface area (TPSA) is 24.7 Å². The van der Waals surface area contributed by atoms with Gasteiger partial charge in [0.25, 0.3) is 0 Å². The molecule has 0 aromatic heterocycles. The maximum absolute atomic E-state index is 4.49. The maximum atomic E-state index is 4.49. The van der Waals surface area contributed by atoms with Crippen molar-refractivity contribution in [1.29, 1.82) is 0 Å². The van der Waals surface area contributed by atoms with Crippen molar-refractivity contribution in [1.82, 2.24) is 0 Å². The summed E-state index contributed by atoms with van der Waals surface area (Å²) in [6.45, 7) is 1.02. The minimum atomic E-state index is 0.512. The number of hydrogen-bond acceptors (Lipinski definition) is 4. The first-order valence-corrected chi connectivity index (χ1v) is 3.06. The molecule has 4 heteroatoms. The van der Waals surface area contributed by atoms with Crippen LogP contribution in [0.25, 0.3) is 0 Å². The summed E-state index contributed by atoms with van der Waals surface area (Å²) in [6, 6.07) is 0. The Morgan fingerprint density at radius 3 is 1.62 bits per heavy atom. The van der Waals surface area contributed by atoms with E-state index in [0.29, 0.717) is 13.1 Å². The van der Waals surface area contributed by atoms with E-state index in [9.17, 15) is 0 Å². The third kappa shape index (κ3) is 5.78. The van der Waals surface area contributed by atoms with Crippen molar-refractivity contribution in [3.63, 3.8) is 0 Å². The molecule has 0 saturated heterocycles. The highest BCUT2D eigenvalue weighted by Gasteiger charge is 1.68. The van der Waals surface area contributed by atoms with Crippen molar-refractivity contribution in [3.05, 3.63) is 0 Å². The molecule has 0 N–H and O–H groups in total. The van der Waals surface area contributed by atoms with E-state index in [1.165, 1.54) is 10.7 Å². The fourth-order valence-corrected chi connectivity index (χ4v) is 0.315. The first-order valence-electron chi connectivity index (χ1n) is 2.12. The fraction of sp³-hybridized carbons (Fsp3) is 0.500. The lowest BCUT2D eigenvalue weighted by Crippen LogP contribution is -1.78. The molecule has 0 fully saturated rings. The molecule has 0 atom stereocenters. The van der Waals surface area contributed by atoms with Crippen molar-refractivity contribution in [2.24, 2.45) is 10.2 Å². The summed E-state index contributed by atoms with van der Waals surface area (Å²) in [6.07, 6.45) is 0. The van der Waals surface area contributed by atoms with Crippen molar-refractivity contribution in [2.45, 2.75) is 0 Å². The molecular weight excluding hydrogens is 140 g/mol. The van der Waals surface area contributed by atoms with Gasteiger partial charge in [0.1, 0.15) is 0 Å². The second-order valence-electron chi connectivity index (χ2n) is 0.981. The van der Waals surface area contributed by atoms with Gasteiger partial charge in [-0.25, -0.2) is 0 Å². The smallest absolute Gasteiger partial charge is 0.0881 e. The van der Waals surface area contributed by atoms with Gasteiger partial charge in [0.15, 0.2) is 0 Å². The summed E-state index contributed by atoms with van der Waals surface area (Å²) >= 11 is 8.97. The van der Waals surface area contributed by atoms with Gasteiger partial charge in [0.2, 0.25) is 0 Å². The first-order chi connectivity index (χ1) is 3.91. The summed E-state index contributed by atoms with van der Waals surface area (Å²) in [5.41, 5.74) is 0. The SMILES string of the molecule is S=CCN=NCC=S. The van der Waals surface area contributed by atoms with Gasteiger partial charge in [-0.3, -0.25) is 0 Å². The number of rotatable bonds is 4. The molecule has 0 aliphatic rings. The van der Waals surface area contributed by atoms with E-state index in [0.717, 1.165) is 0 Å². The third-order valence-corrected chi connectivity index (χ3v) is 0.711. The highest BCUT2D eigenvalue weighted by molar-refractivity contribution is 7.79. The predicted molar refractivity (Wildman–Crippen MR) is 41.9 cm³/mol. The number of thiocarbonyl (C=S) groups is 2. The van der Waals surface area contributed by atoms with E-state index in [1.54, 1.807) is 0 Å². The summed E-state index contributed by atoms with van der Waals surface area (Å²) in [5, 5.41) is 10.3. The molecule has 0 spiro atoms. The predicted octanol–water partition coefficient (Wildman–Crippen LogP) is 1.44. The normalized spacial score (nSPS) is 9.50. The van der Waals surface area contributed by atoms with Crippen molar-refractivity contribution >= 4 is 35.2 Å². The van der Waals surface area contributed by atoms with Gasteiger partial charge in [-0.2, -0.15) is 10.2 Å². The molecule has 0 aliphatic heterocycles. The average molecular weight is 146 g/mol. The van der Waals surface area contributed by atoms with Crippen LogP contribution < -0.4 is 0 Å². The van der Waals surface area contributed by atoms with E-state index in [2.05, 4.69) is 34.7 Å². The van der Waals surface area contributed by atoms with Crippen LogP contribution in [0.5, 0.6) is 0 Å². The lowest BCUT2D eigenvalue weighted by molar-refractivity contribution is 1.04. The monoisotopic (exact) mass is 146 g/mol. The molecule has 44 valence electrons. The number of nitrogens with zero attached hydrogens (tertiary/aromatic N) is 2. The van der Waals surface area contributed by atoms with Gasteiger partial charge in [-0.05, 0) is 0 Å². The van der Waals surface area contributed by atoms with Crippen LogP contribution in [0.2, 0.25) is 0 Å². The first kappa shape index (κ1) is 7.78. The summed E-state index contributed by atoms with van der Waals surface area (Å²) in [7, 11) is 0. The van der Waals surface area contributed by atoms with E-state index in [-0.39, 0.29) is 0 Å². The molecule has 0 bridgehead atoms. The molecule has 0 aromatic carbocycles. The van der Waals surface area contributed by atoms with Gasteiger partial charge < -0.3 is 0 Å². The zero-order valence-electron chi connectivity index (χ0n) is 4.28. The molecule has 2 nitrogen and oxygen atoms in total. The van der Waals surface area contributed by atoms with Crippen LogP contribution >= 0.6 is 24.4 Å². The molecule has 0 saturated carbocycles. The Labute approximate surface area is 59.0 Å². The quantitative estimate of drug-likeness (QED) is 0.443. The fourth-order valence-electron chi connectivity index (χ4n) is 0.182. The lowest BCUT2D eigenvalue weighted by atomic mass is 10.8. The van der Waals surface area contributed by atoms with Gasteiger partial charge in [0, 0.05) is 10.7 Å². The van der Waals surface area contributed by atoms with Gasteiger partial charge in [-0.1, -0.05) is 24.4 Å². The zero-order chi connectivity index (χ0) is 6.24. The van der Waals surface area contributed by atoms with Crippen LogP contribution in [0.1, 0.15) is 0 Å². The van der Waals surface area contributed by atoms with Crippen LogP contribution in [0, 0.1) is 0 Å². The van der Waals surface area contributed by atoms with Gasteiger partial charge in [-0.15, -0.1) is 0 Å². The summed E-state index contributed by atoms with van der Waals surface area (Å²) < 4.78 is 0. The van der Waals surface area contributed by atoms with Crippen molar-refractivity contribution in [3.8, 4) is 0 Å². The Bertz CT molecular complexity index is 88.2. The van der Waals surface area contributed by atoms with Gasteiger partial charge >= 0.3 is 0 Å². The molecule has 0 unspecified atom stereocenters. The Kier molecular flexibility index (Phi) is 6.59. The molecule has 0 aliphatic carbocycles. The largest absolute Gasteiger partial charge is 0.189 e. The average Bonchev–Trinajstić information content (AvgIpc) is 1.81. The Morgan fingerprint density at radius 2 is 1.38 bits per heavy atom. The van der Waals surface area contributed by atoms with Crippen LogP contribution in [-0.2, 0) is 0 Å². The molecule has 0 amide bonds. The van der Waals surface area contributed by atoms with Crippen LogP contribution in [0.4, 0.5) is 0 Å². The molecule has 0 radical (unpaired) electrons. The van der Waals surface area contributed by atoms with Gasteiger partial charge in [0.05, 0.1) is 13.1 Å². The van der Waals surface area contributed by atoms with E-state index in [1.807, 2.05) is 0 Å². The minimum Gasteiger partial charge on any atom is -0.189 e. The molecule has 0 aromatic rings. The Morgan fingerprint density at radius 1 is 1.00 bits per heavy atom. The minimum absolute atomic E-state index is 0.512. The van der Waals surface area contributed by atoms with Crippen molar-refractivity contribution in [2.75, 3.05) is 13.1 Å². The van der Waals surface area contributed by atoms with Crippen molar-refractivity contribution < 1.29 is 0 Å². The van der Waals surface area contributed by atoms with E-state index < -0.39 is 0 Å². The van der Waals surface area contributed by atoms with Crippen LogP contribution in [0.15, 0.2) is 10.2 Å². The van der Waals surface area contributed by atoms with E-state index >= 15 is 0 Å². The zero-order valence-corrected chi connectivity index (χ0v) is 5.91. The molecular formula is C4H6N2S2. The molecule has 0 rings (SSSR count). The highest BCUT2D eigenvalue weighted by Crippen LogP contribution is 1.70. The third-order valence-electron chi connectivity index (χ3n) is 0.412. The van der Waals surface area contributed by atoms with Crippen LogP contribution in [0.3, 0.4) is 0 Å². The maximum Gasteiger partial charge on any atom is 0.0881 e. The Balaban J connectivity index is 3.06. The second kappa shape index (κ2) is 6.78. The molecule has 8 heavy (non-hydrogen) atoms. The number of hydrogen-bond donors (Lipinski definition) is 0. The Hall–Kier alpha value is -0.220. The van der Waals surface area contributed by atoms with Crippen LogP contribution in [-0.4, -0.2) is 23.8 Å². The standard InChI is InChI=1S/C4H6N2S2/c7-3-1-5-6-2-4-8/h3-4H,1-2H2.